The van der Waals surface area contributed by atoms with E-state index in [-0.39, 0.29) is 0 Å². The Balaban J connectivity index is 1.59. The second-order valence-electron chi connectivity index (χ2n) is 6.01. The lowest BCUT2D eigenvalue weighted by molar-refractivity contribution is 0.0105. The number of rotatable bonds is 5. The highest BCUT2D eigenvalue weighted by atomic mass is 16.5. The van der Waals surface area contributed by atoms with E-state index < -0.39 is 0 Å². The molecule has 1 aromatic carbocycles. The molecule has 22 heavy (non-hydrogen) atoms. The number of benzene rings is 1. The number of ether oxygens (including phenoxy) is 2. The number of nitrogens with zero attached hydrogens (tertiary/aromatic N) is 2. The van der Waals surface area contributed by atoms with Gasteiger partial charge in [0.25, 0.3) is 0 Å². The van der Waals surface area contributed by atoms with Gasteiger partial charge in [-0.25, -0.2) is 0 Å². The summed E-state index contributed by atoms with van der Waals surface area (Å²) in [4.78, 5) is 4.85. The van der Waals surface area contributed by atoms with Crippen molar-refractivity contribution >= 4 is 5.69 Å². The highest BCUT2D eigenvalue weighted by Crippen LogP contribution is 2.28. The van der Waals surface area contributed by atoms with Gasteiger partial charge in [0.1, 0.15) is 12.4 Å². The Morgan fingerprint density at radius 2 is 1.86 bits per heavy atom. The number of nitrogens with one attached hydrogen (secondary N) is 1. The van der Waals surface area contributed by atoms with Gasteiger partial charge in [-0.1, -0.05) is 12.1 Å². The quantitative estimate of drug-likeness (QED) is 0.884. The molecule has 2 saturated heterocycles. The molecule has 3 rings (SSSR count). The monoisotopic (exact) mass is 305 g/mol. The van der Waals surface area contributed by atoms with E-state index in [2.05, 4.69) is 46.3 Å². The van der Waals surface area contributed by atoms with Crippen molar-refractivity contribution < 1.29 is 9.47 Å². The molecule has 1 aromatic rings. The summed E-state index contributed by atoms with van der Waals surface area (Å²) in [6.07, 6.45) is 0. The van der Waals surface area contributed by atoms with Crippen molar-refractivity contribution in [1.29, 1.82) is 0 Å². The average molecular weight is 305 g/mol. The van der Waals surface area contributed by atoms with Gasteiger partial charge >= 0.3 is 0 Å². The summed E-state index contributed by atoms with van der Waals surface area (Å²) in [5, 5.41) is 3.40. The molecule has 0 spiro atoms. The maximum atomic E-state index is 6.16. The lowest BCUT2D eigenvalue weighted by Gasteiger charge is -2.33. The molecule has 2 aliphatic heterocycles. The topological polar surface area (TPSA) is 37.0 Å². The average Bonchev–Trinajstić information content (AvgIpc) is 2.61. The van der Waals surface area contributed by atoms with Gasteiger partial charge in [0.2, 0.25) is 0 Å². The molecule has 2 aliphatic rings. The normalized spacial score (nSPS) is 21.6. The number of hydrogen-bond donors (Lipinski definition) is 1. The van der Waals surface area contributed by atoms with Crippen LogP contribution < -0.4 is 15.0 Å². The fraction of sp³-hybridized carbons (Fsp3) is 0.647. The molecule has 122 valence electrons. The minimum Gasteiger partial charge on any atom is -0.490 e. The van der Waals surface area contributed by atoms with Crippen LogP contribution in [0.15, 0.2) is 24.3 Å². The van der Waals surface area contributed by atoms with Crippen LogP contribution in [0.25, 0.3) is 0 Å². The number of para-hydroxylation sites is 2. The van der Waals surface area contributed by atoms with E-state index in [1.165, 1.54) is 5.69 Å². The number of morpholine rings is 1. The van der Waals surface area contributed by atoms with Gasteiger partial charge in [0, 0.05) is 45.3 Å². The Morgan fingerprint density at radius 3 is 2.64 bits per heavy atom. The molecule has 0 radical (unpaired) electrons. The fourth-order valence-electron chi connectivity index (χ4n) is 3.08. The van der Waals surface area contributed by atoms with Gasteiger partial charge in [-0.05, 0) is 19.1 Å². The number of anilines is 1. The molecule has 5 nitrogen and oxygen atoms in total. The molecule has 1 N–H and O–H groups in total. The minimum absolute atomic E-state index is 0.417. The van der Waals surface area contributed by atoms with Crippen molar-refractivity contribution in [2.45, 2.75) is 13.0 Å². The molecule has 0 aromatic heterocycles. The molecule has 0 saturated carbocycles. The summed E-state index contributed by atoms with van der Waals surface area (Å²) in [7, 11) is 0. The summed E-state index contributed by atoms with van der Waals surface area (Å²) in [5.41, 5.74) is 1.22. The lowest BCUT2D eigenvalue weighted by Crippen LogP contribution is -2.45. The summed E-state index contributed by atoms with van der Waals surface area (Å²) in [6.45, 7) is 10.8. The third-order valence-corrected chi connectivity index (χ3v) is 4.47. The largest absolute Gasteiger partial charge is 0.490 e. The van der Waals surface area contributed by atoms with E-state index in [4.69, 9.17) is 9.47 Å². The van der Waals surface area contributed by atoms with Crippen molar-refractivity contribution in [3.63, 3.8) is 0 Å². The standard InChI is InChI=1S/C17H27N3O2/c1-15(19-10-12-21-13-11-19)14-22-17-5-3-2-4-16(17)20-8-6-18-7-9-20/h2-5,15,18H,6-14H2,1H3. The van der Waals surface area contributed by atoms with Gasteiger partial charge in [-0.3, -0.25) is 4.90 Å². The van der Waals surface area contributed by atoms with Gasteiger partial charge in [-0.15, -0.1) is 0 Å². The van der Waals surface area contributed by atoms with E-state index in [0.717, 1.165) is 64.8 Å². The zero-order valence-electron chi connectivity index (χ0n) is 13.5. The van der Waals surface area contributed by atoms with E-state index in [1.54, 1.807) is 0 Å². The van der Waals surface area contributed by atoms with Gasteiger partial charge < -0.3 is 19.7 Å². The molecule has 0 amide bonds. The molecule has 1 unspecified atom stereocenters. The first kappa shape index (κ1) is 15.6. The Labute approximate surface area is 133 Å². The number of piperazine rings is 1. The molecule has 0 bridgehead atoms. The molecular weight excluding hydrogens is 278 g/mol. The van der Waals surface area contributed by atoms with Crippen molar-refractivity contribution in [3.05, 3.63) is 24.3 Å². The maximum Gasteiger partial charge on any atom is 0.142 e. The Morgan fingerprint density at radius 1 is 1.14 bits per heavy atom. The smallest absolute Gasteiger partial charge is 0.142 e. The second-order valence-corrected chi connectivity index (χ2v) is 6.01. The van der Waals surface area contributed by atoms with Crippen molar-refractivity contribution in [2.75, 3.05) is 64.0 Å². The zero-order valence-corrected chi connectivity index (χ0v) is 13.5. The molecule has 5 heteroatoms. The van der Waals surface area contributed by atoms with E-state index >= 15 is 0 Å². The van der Waals surface area contributed by atoms with Crippen LogP contribution in [-0.4, -0.2) is 70.0 Å². The Kier molecular flexibility index (Phi) is 5.53. The second kappa shape index (κ2) is 7.81. The van der Waals surface area contributed by atoms with Crippen molar-refractivity contribution in [3.8, 4) is 5.75 Å². The van der Waals surface area contributed by atoms with Crippen LogP contribution in [0.3, 0.4) is 0 Å². The van der Waals surface area contributed by atoms with E-state index in [1.807, 2.05) is 0 Å². The predicted octanol–water partition coefficient (Wildman–Crippen LogP) is 1.20. The van der Waals surface area contributed by atoms with Crippen LogP contribution in [0.5, 0.6) is 5.75 Å². The first-order valence-electron chi connectivity index (χ1n) is 8.34. The summed E-state index contributed by atoms with van der Waals surface area (Å²) in [6, 6.07) is 8.82. The van der Waals surface area contributed by atoms with Crippen LogP contribution in [0.4, 0.5) is 5.69 Å². The molecular formula is C17H27N3O2. The third kappa shape index (κ3) is 3.91. The van der Waals surface area contributed by atoms with Crippen molar-refractivity contribution in [1.82, 2.24) is 10.2 Å². The zero-order chi connectivity index (χ0) is 15.2. The summed E-state index contributed by atoms with van der Waals surface area (Å²) >= 11 is 0. The summed E-state index contributed by atoms with van der Waals surface area (Å²) < 4.78 is 11.6. The predicted molar refractivity (Wildman–Crippen MR) is 88.9 cm³/mol. The van der Waals surface area contributed by atoms with Crippen LogP contribution in [0.2, 0.25) is 0 Å². The molecule has 0 aliphatic carbocycles. The maximum absolute atomic E-state index is 6.16. The van der Waals surface area contributed by atoms with Gasteiger partial charge in [0.15, 0.2) is 0 Å². The molecule has 1 atom stereocenters. The third-order valence-electron chi connectivity index (χ3n) is 4.47. The molecule has 2 heterocycles. The van der Waals surface area contributed by atoms with Crippen molar-refractivity contribution in [2.24, 2.45) is 0 Å². The fourth-order valence-corrected chi connectivity index (χ4v) is 3.08. The lowest BCUT2D eigenvalue weighted by atomic mass is 10.2. The Bertz CT molecular complexity index is 457. The van der Waals surface area contributed by atoms with Crippen LogP contribution >= 0.6 is 0 Å². The van der Waals surface area contributed by atoms with Crippen LogP contribution in [0.1, 0.15) is 6.92 Å². The minimum atomic E-state index is 0.417. The van der Waals surface area contributed by atoms with Crippen LogP contribution in [0, 0.1) is 0 Å². The first-order valence-corrected chi connectivity index (χ1v) is 8.34. The number of hydrogen-bond acceptors (Lipinski definition) is 5. The van der Waals surface area contributed by atoms with Gasteiger partial charge in [-0.2, -0.15) is 0 Å². The molecule has 2 fully saturated rings. The first-order chi connectivity index (χ1) is 10.8. The van der Waals surface area contributed by atoms with E-state index in [9.17, 15) is 0 Å². The SMILES string of the molecule is CC(COc1ccccc1N1CCNCC1)N1CCOCC1. The van der Waals surface area contributed by atoms with E-state index in [0.29, 0.717) is 6.04 Å². The van der Waals surface area contributed by atoms with Gasteiger partial charge in [0.05, 0.1) is 18.9 Å². The van der Waals surface area contributed by atoms with Crippen LogP contribution in [-0.2, 0) is 4.74 Å². The summed E-state index contributed by atoms with van der Waals surface area (Å²) in [5.74, 6) is 1.00. The highest BCUT2D eigenvalue weighted by molar-refractivity contribution is 5.58. The Hall–Kier alpha value is -1.30. The highest BCUT2D eigenvalue weighted by Gasteiger charge is 2.19.